The standard InChI is InChI=1S/C24H22N2O5/c25-31-21-9-8-16-17(18-12-15-6-2-3-7-20(15)29-24(18)28)13-22(27)30-23(16)19(21)14-26-10-4-1-5-11-26/h2-3,6-9,12-13H,1,4-5,10-11,14,25H2. The fourth-order valence-electron chi connectivity index (χ4n) is 4.34. The van der Waals surface area contributed by atoms with Gasteiger partial charge in [0.05, 0.1) is 11.1 Å². The molecule has 158 valence electrons. The SMILES string of the molecule is NOc1ccc2c(-c3cc4ccccc4oc3=O)cc(=O)oc2c1CN1CCCCC1. The molecule has 2 aromatic heterocycles. The van der Waals surface area contributed by atoms with Gasteiger partial charge in [0, 0.05) is 28.9 Å². The number of hydrogen-bond acceptors (Lipinski definition) is 7. The number of piperidine rings is 1. The van der Waals surface area contributed by atoms with Gasteiger partial charge in [-0.3, -0.25) is 4.90 Å². The van der Waals surface area contributed by atoms with Gasteiger partial charge in [-0.1, -0.05) is 24.6 Å². The zero-order valence-corrected chi connectivity index (χ0v) is 16.9. The van der Waals surface area contributed by atoms with Gasteiger partial charge in [-0.25, -0.2) is 9.59 Å². The van der Waals surface area contributed by atoms with Crippen LogP contribution in [0.3, 0.4) is 0 Å². The minimum Gasteiger partial charge on any atom is -0.422 e. The normalized spacial score (nSPS) is 14.9. The van der Waals surface area contributed by atoms with Crippen molar-refractivity contribution < 1.29 is 13.7 Å². The topological polar surface area (TPSA) is 98.9 Å². The van der Waals surface area contributed by atoms with E-state index in [4.69, 9.17) is 19.6 Å². The Morgan fingerprint density at radius 1 is 0.935 bits per heavy atom. The minimum absolute atomic E-state index is 0.307. The highest BCUT2D eigenvalue weighted by molar-refractivity contribution is 5.97. The predicted molar refractivity (Wildman–Crippen MR) is 118 cm³/mol. The summed E-state index contributed by atoms with van der Waals surface area (Å²) in [5, 5.41) is 1.41. The average molecular weight is 418 g/mol. The summed E-state index contributed by atoms with van der Waals surface area (Å²) >= 11 is 0. The van der Waals surface area contributed by atoms with Crippen molar-refractivity contribution in [3.63, 3.8) is 0 Å². The highest BCUT2D eigenvalue weighted by atomic mass is 16.6. The molecule has 5 rings (SSSR count). The van der Waals surface area contributed by atoms with Gasteiger partial charge < -0.3 is 13.7 Å². The zero-order valence-electron chi connectivity index (χ0n) is 16.9. The van der Waals surface area contributed by atoms with Gasteiger partial charge in [0.2, 0.25) is 0 Å². The van der Waals surface area contributed by atoms with Crippen molar-refractivity contribution in [2.24, 2.45) is 5.90 Å². The Bertz CT molecular complexity index is 1380. The van der Waals surface area contributed by atoms with Crippen LogP contribution in [0, 0.1) is 0 Å². The molecule has 0 saturated carbocycles. The van der Waals surface area contributed by atoms with Crippen molar-refractivity contribution in [1.29, 1.82) is 0 Å². The summed E-state index contributed by atoms with van der Waals surface area (Å²) in [6, 6.07) is 13.8. The van der Waals surface area contributed by atoms with E-state index in [1.807, 2.05) is 12.1 Å². The molecule has 0 amide bonds. The lowest BCUT2D eigenvalue weighted by Gasteiger charge is -2.27. The quantitative estimate of drug-likeness (QED) is 0.397. The summed E-state index contributed by atoms with van der Waals surface area (Å²) in [5.74, 6) is 5.97. The third-order valence-electron chi connectivity index (χ3n) is 5.86. The third kappa shape index (κ3) is 3.62. The van der Waals surface area contributed by atoms with E-state index in [2.05, 4.69) is 4.90 Å². The first-order valence-corrected chi connectivity index (χ1v) is 10.4. The van der Waals surface area contributed by atoms with E-state index in [9.17, 15) is 9.59 Å². The van der Waals surface area contributed by atoms with E-state index < -0.39 is 11.3 Å². The molecule has 7 nitrogen and oxygen atoms in total. The van der Waals surface area contributed by atoms with E-state index in [0.717, 1.165) is 31.3 Å². The smallest absolute Gasteiger partial charge is 0.344 e. The lowest BCUT2D eigenvalue weighted by atomic mass is 9.99. The molecule has 1 aliphatic rings. The number of fused-ring (bicyclic) bond motifs is 2. The number of nitrogens with zero attached hydrogens (tertiary/aromatic N) is 1. The van der Waals surface area contributed by atoms with Crippen LogP contribution in [0.25, 0.3) is 33.1 Å². The molecule has 0 radical (unpaired) electrons. The minimum atomic E-state index is -0.552. The number of hydrogen-bond donors (Lipinski definition) is 1. The van der Waals surface area contributed by atoms with E-state index in [1.165, 1.54) is 12.5 Å². The Morgan fingerprint density at radius 3 is 2.55 bits per heavy atom. The lowest BCUT2D eigenvalue weighted by Crippen LogP contribution is -2.29. The van der Waals surface area contributed by atoms with Crippen LogP contribution < -0.4 is 22.0 Å². The Hall–Kier alpha value is -3.42. The van der Waals surface area contributed by atoms with E-state index in [0.29, 0.717) is 45.5 Å². The van der Waals surface area contributed by atoms with Crippen LogP contribution in [0.2, 0.25) is 0 Å². The number of rotatable bonds is 4. The zero-order chi connectivity index (χ0) is 21.4. The molecule has 0 spiro atoms. The van der Waals surface area contributed by atoms with E-state index in [1.54, 1.807) is 30.3 Å². The number of benzene rings is 2. The summed E-state index contributed by atoms with van der Waals surface area (Å²) in [7, 11) is 0. The van der Waals surface area contributed by atoms with Crippen LogP contribution in [0.15, 0.2) is 67.0 Å². The Labute approximate surface area is 177 Å². The molecule has 7 heteroatoms. The molecule has 3 heterocycles. The molecular formula is C24H22N2O5. The highest BCUT2D eigenvalue weighted by Crippen LogP contribution is 2.34. The van der Waals surface area contributed by atoms with Gasteiger partial charge in [-0.05, 0) is 50.2 Å². The lowest BCUT2D eigenvalue weighted by molar-refractivity contribution is 0.216. The molecule has 0 unspecified atom stereocenters. The first-order chi connectivity index (χ1) is 15.1. The van der Waals surface area contributed by atoms with Crippen molar-refractivity contribution in [3.05, 3.63) is 74.9 Å². The van der Waals surface area contributed by atoms with Gasteiger partial charge in [-0.2, -0.15) is 5.90 Å². The second-order valence-electron chi connectivity index (χ2n) is 7.84. The summed E-state index contributed by atoms with van der Waals surface area (Å²) in [4.78, 5) is 32.7. The fraction of sp³-hybridized carbons (Fsp3) is 0.250. The molecule has 2 aromatic carbocycles. The Kier molecular flexibility index (Phi) is 5.05. The Balaban J connectivity index is 1.73. The molecule has 31 heavy (non-hydrogen) atoms. The maximum absolute atomic E-state index is 12.8. The van der Waals surface area contributed by atoms with Crippen molar-refractivity contribution >= 4 is 21.9 Å². The van der Waals surface area contributed by atoms with E-state index in [-0.39, 0.29) is 0 Å². The Morgan fingerprint density at radius 2 is 1.74 bits per heavy atom. The average Bonchev–Trinajstić information content (AvgIpc) is 2.79. The molecule has 1 fully saturated rings. The predicted octanol–water partition coefficient (Wildman–Crippen LogP) is 3.80. The van der Waals surface area contributed by atoms with Crippen molar-refractivity contribution in [2.45, 2.75) is 25.8 Å². The molecule has 4 aromatic rings. The molecule has 2 N–H and O–H groups in total. The number of nitrogens with two attached hydrogens (primary N) is 1. The van der Waals surface area contributed by atoms with Crippen LogP contribution in [-0.2, 0) is 6.54 Å². The molecular weight excluding hydrogens is 396 g/mol. The maximum Gasteiger partial charge on any atom is 0.344 e. The maximum atomic E-state index is 12.8. The third-order valence-corrected chi connectivity index (χ3v) is 5.86. The van der Waals surface area contributed by atoms with Gasteiger partial charge >= 0.3 is 11.3 Å². The molecule has 0 bridgehead atoms. The second-order valence-corrected chi connectivity index (χ2v) is 7.84. The molecule has 1 saturated heterocycles. The number of para-hydroxylation sites is 1. The van der Waals surface area contributed by atoms with Crippen LogP contribution in [-0.4, -0.2) is 18.0 Å². The van der Waals surface area contributed by atoms with Crippen molar-refractivity contribution in [3.8, 4) is 16.9 Å². The van der Waals surface area contributed by atoms with E-state index >= 15 is 0 Å². The summed E-state index contributed by atoms with van der Waals surface area (Å²) in [6.45, 7) is 2.46. The highest BCUT2D eigenvalue weighted by Gasteiger charge is 2.21. The van der Waals surface area contributed by atoms with Crippen molar-refractivity contribution in [1.82, 2.24) is 4.90 Å². The first-order valence-electron chi connectivity index (χ1n) is 10.4. The largest absolute Gasteiger partial charge is 0.422 e. The van der Waals surface area contributed by atoms with Gasteiger partial charge in [-0.15, -0.1) is 0 Å². The monoisotopic (exact) mass is 418 g/mol. The van der Waals surface area contributed by atoms with Gasteiger partial charge in [0.25, 0.3) is 0 Å². The summed E-state index contributed by atoms with van der Waals surface area (Å²) in [5.41, 5.74) is 1.28. The van der Waals surface area contributed by atoms with Crippen LogP contribution in [0.5, 0.6) is 5.75 Å². The van der Waals surface area contributed by atoms with Crippen LogP contribution >= 0.6 is 0 Å². The fourth-order valence-corrected chi connectivity index (χ4v) is 4.34. The molecule has 0 aliphatic carbocycles. The first kappa shape index (κ1) is 19.5. The number of likely N-dealkylation sites (tertiary alicyclic amines) is 1. The van der Waals surface area contributed by atoms with Crippen LogP contribution in [0.1, 0.15) is 24.8 Å². The van der Waals surface area contributed by atoms with Crippen LogP contribution in [0.4, 0.5) is 0 Å². The van der Waals surface area contributed by atoms with Gasteiger partial charge in [0.1, 0.15) is 11.2 Å². The van der Waals surface area contributed by atoms with Gasteiger partial charge in [0.15, 0.2) is 5.75 Å². The summed E-state index contributed by atoms with van der Waals surface area (Å²) < 4.78 is 11.1. The second kappa shape index (κ2) is 8.02. The summed E-state index contributed by atoms with van der Waals surface area (Å²) in [6.07, 6.45) is 3.46. The van der Waals surface area contributed by atoms with Crippen molar-refractivity contribution in [2.75, 3.05) is 13.1 Å². The molecule has 1 aliphatic heterocycles. The molecule has 0 atom stereocenters.